The summed E-state index contributed by atoms with van der Waals surface area (Å²) in [5.41, 5.74) is 11.5. The molecule has 0 aliphatic heterocycles. The number of benzene rings is 1. The Morgan fingerprint density at radius 2 is 1.97 bits per heavy atom. The SMILES string of the molecule is CCOc1ccccc1N(C(=O)c1snc(C(N)=O)c1N)[C@@H](C(=O)NC1CCCC1)c1ccco1. The molecule has 0 bridgehead atoms. The summed E-state index contributed by atoms with van der Waals surface area (Å²) in [6.45, 7) is 2.16. The number of hydrogen-bond donors (Lipinski definition) is 3. The molecule has 2 heterocycles. The standard InChI is InChI=1S/C24H27N5O5S/c1-2-33-16-11-6-5-10-15(16)29(24(32)21-18(25)19(22(26)30)28-35-21)20(17-12-7-13-34-17)23(31)27-14-8-3-4-9-14/h5-7,10-14,20H,2-4,8-9,25H2,1H3,(H2,26,30)(H,27,31)/t20-/m1/s1. The summed E-state index contributed by atoms with van der Waals surface area (Å²) in [5.74, 6) is -1.22. The zero-order valence-electron chi connectivity index (χ0n) is 19.2. The van der Waals surface area contributed by atoms with Crippen LogP contribution in [0.2, 0.25) is 0 Å². The van der Waals surface area contributed by atoms with Gasteiger partial charge >= 0.3 is 0 Å². The van der Waals surface area contributed by atoms with Crippen molar-refractivity contribution in [2.75, 3.05) is 17.2 Å². The van der Waals surface area contributed by atoms with Crippen molar-refractivity contribution in [1.29, 1.82) is 0 Å². The molecule has 184 valence electrons. The second kappa shape index (κ2) is 10.6. The highest BCUT2D eigenvalue weighted by molar-refractivity contribution is 7.09. The van der Waals surface area contributed by atoms with Crippen LogP contribution >= 0.6 is 11.5 Å². The lowest BCUT2D eigenvalue weighted by atomic mass is 10.1. The summed E-state index contributed by atoms with van der Waals surface area (Å²) in [6.07, 6.45) is 5.22. The Kier molecular flexibility index (Phi) is 7.35. The lowest BCUT2D eigenvalue weighted by molar-refractivity contribution is -0.123. The number of nitrogen functional groups attached to an aromatic ring is 1. The number of hydrogen-bond acceptors (Lipinski definition) is 8. The molecule has 1 aliphatic rings. The monoisotopic (exact) mass is 497 g/mol. The number of para-hydroxylation sites is 2. The van der Waals surface area contributed by atoms with E-state index in [4.69, 9.17) is 20.6 Å². The average Bonchev–Trinajstić information content (AvgIpc) is 3.60. The van der Waals surface area contributed by atoms with Crippen LogP contribution in [0, 0.1) is 0 Å². The van der Waals surface area contributed by atoms with E-state index in [1.54, 1.807) is 36.4 Å². The van der Waals surface area contributed by atoms with Crippen LogP contribution in [0.3, 0.4) is 0 Å². The van der Waals surface area contributed by atoms with E-state index in [1.807, 2.05) is 6.92 Å². The van der Waals surface area contributed by atoms with Crippen molar-refractivity contribution >= 4 is 40.6 Å². The Morgan fingerprint density at radius 1 is 1.23 bits per heavy atom. The third-order valence-corrected chi connectivity index (χ3v) is 6.67. The second-order valence-corrected chi connectivity index (χ2v) is 8.90. The molecule has 0 radical (unpaired) electrons. The van der Waals surface area contributed by atoms with E-state index in [0.29, 0.717) is 18.0 Å². The van der Waals surface area contributed by atoms with Crippen LogP contribution in [-0.4, -0.2) is 34.7 Å². The fraction of sp³-hybridized carbons (Fsp3) is 0.333. The number of rotatable bonds is 9. The van der Waals surface area contributed by atoms with E-state index >= 15 is 0 Å². The molecule has 3 aromatic rings. The number of amides is 3. The lowest BCUT2D eigenvalue weighted by Crippen LogP contribution is -2.46. The highest BCUT2D eigenvalue weighted by Gasteiger charge is 2.39. The highest BCUT2D eigenvalue weighted by atomic mass is 32.1. The number of nitrogens with one attached hydrogen (secondary N) is 1. The van der Waals surface area contributed by atoms with Crippen LogP contribution in [-0.2, 0) is 4.79 Å². The van der Waals surface area contributed by atoms with Crippen LogP contribution in [0.15, 0.2) is 47.1 Å². The molecule has 10 nitrogen and oxygen atoms in total. The molecule has 1 fully saturated rings. The van der Waals surface area contributed by atoms with Crippen molar-refractivity contribution in [2.24, 2.45) is 5.73 Å². The van der Waals surface area contributed by atoms with Crippen molar-refractivity contribution in [3.8, 4) is 5.75 Å². The number of carbonyl (C=O) groups is 3. The molecule has 35 heavy (non-hydrogen) atoms. The lowest BCUT2D eigenvalue weighted by Gasteiger charge is -2.31. The van der Waals surface area contributed by atoms with Crippen LogP contribution in [0.25, 0.3) is 0 Å². The molecule has 3 amide bonds. The minimum Gasteiger partial charge on any atom is -0.492 e. The minimum atomic E-state index is -1.17. The van der Waals surface area contributed by atoms with E-state index in [-0.39, 0.29) is 28.1 Å². The molecule has 1 saturated carbocycles. The summed E-state index contributed by atoms with van der Waals surface area (Å²) in [6, 6.07) is 9.00. The largest absolute Gasteiger partial charge is 0.492 e. The number of furan rings is 1. The maximum Gasteiger partial charge on any atom is 0.273 e. The van der Waals surface area contributed by atoms with Crippen LogP contribution in [0.1, 0.15) is 64.6 Å². The molecule has 11 heteroatoms. The molecular weight excluding hydrogens is 470 g/mol. The molecule has 4 rings (SSSR count). The van der Waals surface area contributed by atoms with Gasteiger partial charge < -0.3 is 25.9 Å². The van der Waals surface area contributed by atoms with Gasteiger partial charge in [-0.3, -0.25) is 19.3 Å². The van der Waals surface area contributed by atoms with Gasteiger partial charge in [0, 0.05) is 6.04 Å². The number of aromatic nitrogens is 1. The molecule has 1 aromatic carbocycles. The maximum absolute atomic E-state index is 14.0. The van der Waals surface area contributed by atoms with Gasteiger partial charge in [-0.2, -0.15) is 4.37 Å². The predicted octanol–water partition coefficient (Wildman–Crippen LogP) is 3.26. The second-order valence-electron chi connectivity index (χ2n) is 8.12. The molecule has 5 N–H and O–H groups in total. The zero-order chi connectivity index (χ0) is 24.9. The summed E-state index contributed by atoms with van der Waals surface area (Å²) >= 11 is 0.744. The van der Waals surface area contributed by atoms with Crippen molar-refractivity contribution in [2.45, 2.75) is 44.7 Å². The number of nitrogens with zero attached hydrogens (tertiary/aromatic N) is 2. The van der Waals surface area contributed by atoms with Gasteiger partial charge in [0.2, 0.25) is 0 Å². The molecule has 1 aliphatic carbocycles. The molecular formula is C24H27N5O5S. The zero-order valence-corrected chi connectivity index (χ0v) is 20.0. The fourth-order valence-corrected chi connectivity index (χ4v) is 4.95. The molecule has 1 atom stereocenters. The van der Waals surface area contributed by atoms with E-state index in [2.05, 4.69) is 9.69 Å². The Labute approximate surface area is 206 Å². The van der Waals surface area contributed by atoms with Gasteiger partial charge in [0.15, 0.2) is 11.7 Å². The molecule has 0 saturated heterocycles. The predicted molar refractivity (Wildman–Crippen MR) is 131 cm³/mol. The summed E-state index contributed by atoms with van der Waals surface area (Å²) in [4.78, 5) is 40.7. The van der Waals surface area contributed by atoms with Crippen LogP contribution in [0.5, 0.6) is 5.75 Å². The van der Waals surface area contributed by atoms with Gasteiger partial charge in [0.1, 0.15) is 16.4 Å². The normalized spacial score (nSPS) is 14.4. The van der Waals surface area contributed by atoms with Gasteiger partial charge in [-0.25, -0.2) is 0 Å². The quantitative estimate of drug-likeness (QED) is 0.410. The fourth-order valence-electron chi connectivity index (χ4n) is 4.21. The Morgan fingerprint density at radius 3 is 2.60 bits per heavy atom. The maximum atomic E-state index is 14.0. The summed E-state index contributed by atoms with van der Waals surface area (Å²) in [7, 11) is 0. The third-order valence-electron chi connectivity index (χ3n) is 5.82. The first-order chi connectivity index (χ1) is 16.9. The van der Waals surface area contributed by atoms with Gasteiger partial charge in [0.25, 0.3) is 17.7 Å². The summed E-state index contributed by atoms with van der Waals surface area (Å²) < 4.78 is 15.4. The Bertz CT molecular complexity index is 1200. The van der Waals surface area contributed by atoms with Crippen molar-refractivity contribution in [3.05, 3.63) is 59.0 Å². The Hall–Kier alpha value is -3.86. The highest BCUT2D eigenvalue weighted by Crippen LogP contribution is 2.38. The number of anilines is 2. The summed E-state index contributed by atoms with van der Waals surface area (Å²) in [5, 5.41) is 3.06. The topological polar surface area (TPSA) is 154 Å². The molecule has 2 aromatic heterocycles. The molecule has 0 spiro atoms. The van der Waals surface area contributed by atoms with Gasteiger partial charge in [-0.05, 0) is 55.6 Å². The van der Waals surface area contributed by atoms with Gasteiger partial charge in [0.05, 0.1) is 24.2 Å². The van der Waals surface area contributed by atoms with Crippen molar-refractivity contribution in [3.63, 3.8) is 0 Å². The average molecular weight is 498 g/mol. The van der Waals surface area contributed by atoms with Gasteiger partial charge in [-0.1, -0.05) is 25.0 Å². The Balaban J connectivity index is 1.85. The van der Waals surface area contributed by atoms with Crippen LogP contribution in [0.4, 0.5) is 11.4 Å². The van der Waals surface area contributed by atoms with E-state index in [0.717, 1.165) is 37.2 Å². The minimum absolute atomic E-state index is 0.00832. The first-order valence-corrected chi connectivity index (χ1v) is 12.1. The number of nitrogens with two attached hydrogens (primary N) is 2. The number of ether oxygens (including phenoxy) is 1. The van der Waals surface area contributed by atoms with Crippen molar-refractivity contribution < 1.29 is 23.5 Å². The van der Waals surface area contributed by atoms with E-state index in [1.165, 1.54) is 11.2 Å². The number of primary amides is 1. The third kappa shape index (κ3) is 4.99. The first kappa shape index (κ1) is 24.3. The molecule has 0 unspecified atom stereocenters. The van der Waals surface area contributed by atoms with Crippen molar-refractivity contribution in [1.82, 2.24) is 9.69 Å². The smallest absolute Gasteiger partial charge is 0.273 e. The first-order valence-electron chi connectivity index (χ1n) is 11.4. The van der Waals surface area contributed by atoms with E-state index < -0.39 is 23.8 Å². The van der Waals surface area contributed by atoms with Gasteiger partial charge in [-0.15, -0.1) is 0 Å². The van der Waals surface area contributed by atoms with Crippen LogP contribution < -0.4 is 26.4 Å². The number of carbonyl (C=O) groups excluding carboxylic acids is 3. The van der Waals surface area contributed by atoms with E-state index in [9.17, 15) is 14.4 Å².